The Morgan fingerprint density at radius 3 is 2.79 bits per heavy atom. The average Bonchev–Trinajstić information content (AvgIpc) is 2.68. The largest absolute Gasteiger partial charge is 0.370 e. The monoisotopic (exact) mass is 270 g/mol. The maximum Gasteiger partial charge on any atom is 0.220 e. The minimum atomic E-state index is -0.527. The molecule has 0 radical (unpaired) electrons. The average molecular weight is 270 g/mol. The number of carbonyl (C=O) groups is 3. The predicted octanol–water partition coefficient (Wildman–Crippen LogP) is 0.141. The van der Waals surface area contributed by atoms with E-state index in [0.717, 1.165) is 0 Å². The van der Waals surface area contributed by atoms with Crippen molar-refractivity contribution in [2.45, 2.75) is 51.7 Å². The molecule has 0 aromatic rings. The number of ketones is 1. The SMILES string of the molecule is CCC1OCC(=O)C1NC(=O)CC(C)CCC(N)=O. The highest BCUT2D eigenvalue weighted by molar-refractivity contribution is 5.91. The first kappa shape index (κ1) is 15.6. The standard InChI is InChI=1S/C13H22N2O4/c1-3-10-13(9(16)7-19-10)15-12(18)6-8(2)4-5-11(14)17/h8,10,13H,3-7H2,1-2H3,(H2,14,17)(H,15,18). The number of amides is 2. The Hall–Kier alpha value is -1.43. The summed E-state index contributed by atoms with van der Waals surface area (Å²) in [5.41, 5.74) is 5.06. The Morgan fingerprint density at radius 1 is 1.53 bits per heavy atom. The van der Waals surface area contributed by atoms with Gasteiger partial charge in [-0.2, -0.15) is 0 Å². The molecule has 1 rings (SSSR count). The van der Waals surface area contributed by atoms with Crippen molar-refractivity contribution in [3.05, 3.63) is 0 Å². The lowest BCUT2D eigenvalue weighted by atomic mass is 10.00. The highest BCUT2D eigenvalue weighted by Gasteiger charge is 2.35. The molecule has 108 valence electrons. The summed E-state index contributed by atoms with van der Waals surface area (Å²) < 4.78 is 5.29. The first-order chi connectivity index (χ1) is 8.93. The molecule has 1 aliphatic rings. The van der Waals surface area contributed by atoms with Crippen LogP contribution in [0.15, 0.2) is 0 Å². The lowest BCUT2D eigenvalue weighted by Crippen LogP contribution is -2.44. The maximum atomic E-state index is 11.8. The van der Waals surface area contributed by atoms with Gasteiger partial charge in [0.1, 0.15) is 12.6 Å². The molecule has 1 saturated heterocycles. The molecule has 19 heavy (non-hydrogen) atoms. The van der Waals surface area contributed by atoms with Crippen LogP contribution >= 0.6 is 0 Å². The normalized spacial score (nSPS) is 24.2. The molecule has 1 heterocycles. The molecule has 0 spiro atoms. The van der Waals surface area contributed by atoms with Crippen LogP contribution in [0, 0.1) is 5.92 Å². The second kappa shape index (κ2) is 7.23. The van der Waals surface area contributed by atoms with Crippen LogP contribution in [0.4, 0.5) is 0 Å². The molecule has 3 unspecified atom stereocenters. The van der Waals surface area contributed by atoms with E-state index in [4.69, 9.17) is 10.5 Å². The first-order valence-electron chi connectivity index (χ1n) is 6.66. The topological polar surface area (TPSA) is 98.5 Å². The third-order valence-electron chi connectivity index (χ3n) is 3.29. The van der Waals surface area contributed by atoms with Gasteiger partial charge in [-0.25, -0.2) is 0 Å². The van der Waals surface area contributed by atoms with E-state index < -0.39 is 6.04 Å². The number of carbonyl (C=O) groups excluding carboxylic acids is 3. The molecule has 0 aliphatic carbocycles. The van der Waals surface area contributed by atoms with Crippen molar-refractivity contribution in [3.63, 3.8) is 0 Å². The van der Waals surface area contributed by atoms with Gasteiger partial charge >= 0.3 is 0 Å². The molecular weight excluding hydrogens is 248 g/mol. The number of rotatable bonds is 7. The lowest BCUT2D eigenvalue weighted by Gasteiger charge is -2.18. The summed E-state index contributed by atoms with van der Waals surface area (Å²) in [7, 11) is 0. The number of hydrogen-bond acceptors (Lipinski definition) is 4. The van der Waals surface area contributed by atoms with Crippen LogP contribution < -0.4 is 11.1 Å². The fraction of sp³-hybridized carbons (Fsp3) is 0.769. The quantitative estimate of drug-likeness (QED) is 0.687. The van der Waals surface area contributed by atoms with E-state index in [1.807, 2.05) is 13.8 Å². The van der Waals surface area contributed by atoms with E-state index in [9.17, 15) is 14.4 Å². The second-order valence-corrected chi connectivity index (χ2v) is 5.08. The van der Waals surface area contributed by atoms with Crippen molar-refractivity contribution in [1.29, 1.82) is 0 Å². The zero-order valence-corrected chi connectivity index (χ0v) is 11.5. The van der Waals surface area contributed by atoms with Crippen LogP contribution in [0.5, 0.6) is 0 Å². The van der Waals surface area contributed by atoms with E-state index >= 15 is 0 Å². The molecule has 3 atom stereocenters. The Morgan fingerprint density at radius 2 is 2.21 bits per heavy atom. The van der Waals surface area contributed by atoms with Crippen LogP contribution in [0.2, 0.25) is 0 Å². The predicted molar refractivity (Wildman–Crippen MR) is 69.2 cm³/mol. The molecular formula is C13H22N2O4. The Balaban J connectivity index is 2.37. The van der Waals surface area contributed by atoms with Crippen molar-refractivity contribution < 1.29 is 19.1 Å². The molecule has 2 amide bonds. The Kier molecular flexibility index (Phi) is 5.95. The van der Waals surface area contributed by atoms with Crippen molar-refractivity contribution in [2.75, 3.05) is 6.61 Å². The number of Topliss-reactive ketones (excluding diaryl/α,β-unsaturated/α-hetero) is 1. The summed E-state index contributed by atoms with van der Waals surface area (Å²) in [4.78, 5) is 34.1. The maximum absolute atomic E-state index is 11.8. The molecule has 3 N–H and O–H groups in total. The van der Waals surface area contributed by atoms with Gasteiger partial charge in [0.2, 0.25) is 11.8 Å². The second-order valence-electron chi connectivity index (χ2n) is 5.08. The minimum absolute atomic E-state index is 0.0602. The van der Waals surface area contributed by atoms with E-state index in [1.54, 1.807) is 0 Å². The van der Waals surface area contributed by atoms with Gasteiger partial charge in [0.05, 0.1) is 6.10 Å². The van der Waals surface area contributed by atoms with Crippen molar-refractivity contribution >= 4 is 17.6 Å². The van der Waals surface area contributed by atoms with Gasteiger partial charge < -0.3 is 15.8 Å². The Bertz CT molecular complexity index is 357. The van der Waals surface area contributed by atoms with Crippen molar-refractivity contribution in [1.82, 2.24) is 5.32 Å². The number of primary amides is 1. The summed E-state index contributed by atoms with van der Waals surface area (Å²) >= 11 is 0. The van der Waals surface area contributed by atoms with Gasteiger partial charge in [-0.15, -0.1) is 0 Å². The highest BCUT2D eigenvalue weighted by Crippen LogP contribution is 2.15. The van der Waals surface area contributed by atoms with Gasteiger partial charge in [-0.05, 0) is 18.8 Å². The zero-order valence-electron chi connectivity index (χ0n) is 11.5. The smallest absolute Gasteiger partial charge is 0.220 e. The number of hydrogen-bond donors (Lipinski definition) is 2. The van der Waals surface area contributed by atoms with Crippen LogP contribution in [0.1, 0.15) is 39.5 Å². The fourth-order valence-corrected chi connectivity index (χ4v) is 2.15. The van der Waals surface area contributed by atoms with Gasteiger partial charge in [0, 0.05) is 12.8 Å². The van der Waals surface area contributed by atoms with Crippen LogP contribution in [-0.2, 0) is 19.1 Å². The summed E-state index contributed by atoms with van der Waals surface area (Å²) in [6, 6.07) is -0.527. The molecule has 1 aliphatic heterocycles. The third-order valence-corrected chi connectivity index (χ3v) is 3.29. The Labute approximate surface area is 113 Å². The molecule has 0 aromatic carbocycles. The highest BCUT2D eigenvalue weighted by atomic mass is 16.5. The molecule has 1 fully saturated rings. The lowest BCUT2D eigenvalue weighted by molar-refractivity contribution is -0.127. The summed E-state index contributed by atoms with van der Waals surface area (Å²) in [6.45, 7) is 3.87. The molecule has 6 heteroatoms. The molecule has 0 aromatic heterocycles. The molecule has 0 bridgehead atoms. The van der Waals surface area contributed by atoms with Gasteiger partial charge in [-0.1, -0.05) is 13.8 Å². The van der Waals surface area contributed by atoms with E-state index in [0.29, 0.717) is 12.8 Å². The number of nitrogens with one attached hydrogen (secondary N) is 1. The summed E-state index contributed by atoms with van der Waals surface area (Å²) in [6.07, 6.45) is 1.60. The van der Waals surface area contributed by atoms with Crippen molar-refractivity contribution in [2.24, 2.45) is 11.7 Å². The third kappa shape index (κ3) is 4.98. The van der Waals surface area contributed by atoms with Crippen LogP contribution in [0.25, 0.3) is 0 Å². The molecule has 0 saturated carbocycles. The number of ether oxygens (including phenoxy) is 1. The van der Waals surface area contributed by atoms with Gasteiger partial charge in [0.25, 0.3) is 0 Å². The summed E-state index contributed by atoms with van der Waals surface area (Å²) in [5, 5.41) is 2.72. The summed E-state index contributed by atoms with van der Waals surface area (Å²) in [5.74, 6) is -0.563. The van der Waals surface area contributed by atoms with Crippen LogP contribution in [-0.4, -0.2) is 36.4 Å². The van der Waals surface area contributed by atoms with Gasteiger partial charge in [-0.3, -0.25) is 14.4 Å². The van der Waals surface area contributed by atoms with E-state index in [2.05, 4.69) is 5.32 Å². The molecule has 6 nitrogen and oxygen atoms in total. The number of nitrogens with two attached hydrogens (primary N) is 1. The van der Waals surface area contributed by atoms with Crippen LogP contribution in [0.3, 0.4) is 0 Å². The first-order valence-corrected chi connectivity index (χ1v) is 6.66. The van der Waals surface area contributed by atoms with Crippen molar-refractivity contribution in [3.8, 4) is 0 Å². The van der Waals surface area contributed by atoms with E-state index in [-0.39, 0.29) is 49.1 Å². The van der Waals surface area contributed by atoms with E-state index in [1.165, 1.54) is 0 Å². The fourth-order valence-electron chi connectivity index (χ4n) is 2.15. The zero-order chi connectivity index (χ0) is 14.4. The minimum Gasteiger partial charge on any atom is -0.370 e. The van der Waals surface area contributed by atoms with Gasteiger partial charge in [0.15, 0.2) is 5.78 Å².